The van der Waals surface area contributed by atoms with Crippen LogP contribution in [0.4, 0.5) is 0 Å². The van der Waals surface area contributed by atoms with Crippen LogP contribution >= 0.6 is 11.3 Å². The number of hydrogen-bond acceptors (Lipinski definition) is 4. The lowest BCUT2D eigenvalue weighted by atomic mass is 9.95. The second kappa shape index (κ2) is 8.02. The maximum absolute atomic E-state index is 12.6. The van der Waals surface area contributed by atoms with E-state index in [1.54, 1.807) is 25.5 Å². The van der Waals surface area contributed by atoms with Crippen LogP contribution in [0.25, 0.3) is 21.0 Å². The van der Waals surface area contributed by atoms with Crippen molar-refractivity contribution in [2.45, 2.75) is 18.9 Å². The Balaban J connectivity index is 1.43. The van der Waals surface area contributed by atoms with Crippen LogP contribution < -0.4 is 10.1 Å². The fourth-order valence-corrected chi connectivity index (χ4v) is 6.14. The molecule has 5 rings (SSSR count). The number of nitrogens with one attached hydrogen (secondary N) is 1. The zero-order valence-corrected chi connectivity index (χ0v) is 19.0. The van der Waals surface area contributed by atoms with E-state index >= 15 is 0 Å². The first kappa shape index (κ1) is 20.1. The van der Waals surface area contributed by atoms with Crippen LogP contribution in [0.2, 0.25) is 0 Å². The number of nitrogens with zero attached hydrogens (tertiary/aromatic N) is 2. The predicted molar refractivity (Wildman–Crippen MR) is 127 cm³/mol. The highest BCUT2D eigenvalue weighted by atomic mass is 32.1. The third-order valence-electron chi connectivity index (χ3n) is 6.42. The van der Waals surface area contributed by atoms with Crippen LogP contribution in [0.15, 0.2) is 48.7 Å². The molecule has 6 heteroatoms. The van der Waals surface area contributed by atoms with Gasteiger partial charge in [0.1, 0.15) is 5.75 Å². The van der Waals surface area contributed by atoms with Crippen molar-refractivity contribution in [2.24, 2.45) is 7.05 Å². The summed E-state index contributed by atoms with van der Waals surface area (Å²) in [4.78, 5) is 16.0. The number of aromatic nitrogens is 1. The van der Waals surface area contributed by atoms with Crippen molar-refractivity contribution >= 4 is 38.2 Å². The second-order valence-corrected chi connectivity index (χ2v) is 9.34. The molecule has 0 saturated carbocycles. The molecule has 0 spiro atoms. The molecule has 1 amide bonds. The molecule has 2 aromatic heterocycles. The number of methoxy groups -OCH3 is 1. The van der Waals surface area contributed by atoms with E-state index in [0.29, 0.717) is 5.92 Å². The zero-order chi connectivity index (χ0) is 21.5. The number of aryl methyl sites for hydroxylation is 1. The van der Waals surface area contributed by atoms with Gasteiger partial charge in [-0.15, -0.1) is 11.3 Å². The smallest absolute Gasteiger partial charge is 0.261 e. The summed E-state index contributed by atoms with van der Waals surface area (Å²) in [6.07, 6.45) is 3.30. The molecule has 2 aromatic carbocycles. The van der Waals surface area contributed by atoms with Gasteiger partial charge >= 0.3 is 0 Å². The van der Waals surface area contributed by atoms with E-state index in [1.807, 2.05) is 12.1 Å². The number of benzene rings is 2. The van der Waals surface area contributed by atoms with Crippen LogP contribution in [0.3, 0.4) is 0 Å². The van der Waals surface area contributed by atoms with E-state index in [-0.39, 0.29) is 5.91 Å². The summed E-state index contributed by atoms with van der Waals surface area (Å²) in [5.74, 6) is 1.28. The first-order valence-electron chi connectivity index (χ1n) is 10.7. The van der Waals surface area contributed by atoms with Gasteiger partial charge in [-0.05, 0) is 47.7 Å². The van der Waals surface area contributed by atoms with Crippen LogP contribution in [0.1, 0.15) is 33.1 Å². The molecule has 0 bridgehead atoms. The predicted octanol–water partition coefficient (Wildman–Crippen LogP) is 4.75. The quantitative estimate of drug-likeness (QED) is 0.494. The molecule has 1 aliphatic heterocycles. The monoisotopic (exact) mass is 433 g/mol. The van der Waals surface area contributed by atoms with Crippen LogP contribution in [-0.4, -0.2) is 42.6 Å². The lowest BCUT2D eigenvalue weighted by Gasteiger charge is -2.16. The summed E-state index contributed by atoms with van der Waals surface area (Å²) in [5, 5.41) is 5.34. The molecule has 1 atom stereocenters. The number of likely N-dealkylation sites (tertiary alicyclic amines) is 1. The van der Waals surface area contributed by atoms with Gasteiger partial charge in [0, 0.05) is 55.5 Å². The lowest BCUT2D eigenvalue weighted by Crippen LogP contribution is -2.21. The fourth-order valence-electron chi connectivity index (χ4n) is 4.91. The van der Waals surface area contributed by atoms with Gasteiger partial charge in [0.2, 0.25) is 0 Å². The Kier molecular flexibility index (Phi) is 5.20. The first-order chi connectivity index (χ1) is 15.1. The Morgan fingerprint density at radius 3 is 2.87 bits per heavy atom. The van der Waals surface area contributed by atoms with Gasteiger partial charge in [-0.2, -0.15) is 0 Å². The van der Waals surface area contributed by atoms with Crippen molar-refractivity contribution in [1.29, 1.82) is 0 Å². The zero-order valence-electron chi connectivity index (χ0n) is 18.1. The molecule has 31 heavy (non-hydrogen) atoms. The standard InChI is InChI=1S/C25H27N3O2S/c1-26-25(29)24-23(20-6-4-5-7-22(20)31-24)16-10-11-28(14-16)15-17-13-27(2)21-12-18(30-3)8-9-19(17)21/h4-9,12-13,16H,10-11,14-15H2,1-3H3,(H,26,29)/t16-/m0/s1. The van der Waals surface area contributed by atoms with Crippen molar-refractivity contribution in [3.63, 3.8) is 0 Å². The van der Waals surface area contributed by atoms with Crippen molar-refractivity contribution in [2.75, 3.05) is 27.2 Å². The fraction of sp³-hybridized carbons (Fsp3) is 0.320. The van der Waals surface area contributed by atoms with E-state index in [9.17, 15) is 4.79 Å². The number of fused-ring (bicyclic) bond motifs is 2. The van der Waals surface area contributed by atoms with Gasteiger partial charge in [0.15, 0.2) is 0 Å². The van der Waals surface area contributed by atoms with Crippen molar-refractivity contribution in [1.82, 2.24) is 14.8 Å². The molecule has 1 aliphatic rings. The van der Waals surface area contributed by atoms with E-state index in [0.717, 1.165) is 36.7 Å². The molecule has 160 valence electrons. The molecule has 0 radical (unpaired) electrons. The minimum absolute atomic E-state index is 0.0256. The number of thiophene rings is 1. The molecular formula is C25H27N3O2S. The number of carbonyl (C=O) groups is 1. The normalized spacial score (nSPS) is 16.9. The molecule has 1 N–H and O–H groups in total. The minimum Gasteiger partial charge on any atom is -0.497 e. The highest BCUT2D eigenvalue weighted by Crippen LogP contribution is 2.40. The van der Waals surface area contributed by atoms with E-state index in [2.05, 4.69) is 58.4 Å². The maximum Gasteiger partial charge on any atom is 0.261 e. The molecule has 5 nitrogen and oxygen atoms in total. The molecule has 0 unspecified atom stereocenters. The summed E-state index contributed by atoms with van der Waals surface area (Å²) in [5.41, 5.74) is 3.75. The topological polar surface area (TPSA) is 46.5 Å². The van der Waals surface area contributed by atoms with Crippen LogP contribution in [-0.2, 0) is 13.6 Å². The summed E-state index contributed by atoms with van der Waals surface area (Å²) in [6.45, 7) is 2.92. The van der Waals surface area contributed by atoms with Gasteiger partial charge in [-0.3, -0.25) is 9.69 Å². The number of hydrogen-bond donors (Lipinski definition) is 1. The number of amides is 1. The largest absolute Gasteiger partial charge is 0.497 e. The lowest BCUT2D eigenvalue weighted by molar-refractivity contribution is 0.0966. The summed E-state index contributed by atoms with van der Waals surface area (Å²) < 4.78 is 8.76. The van der Waals surface area contributed by atoms with Crippen molar-refractivity contribution in [3.8, 4) is 5.75 Å². The highest BCUT2D eigenvalue weighted by molar-refractivity contribution is 7.21. The Hall–Kier alpha value is -2.83. The molecule has 4 aromatic rings. The Morgan fingerprint density at radius 1 is 1.23 bits per heavy atom. The van der Waals surface area contributed by atoms with Crippen molar-refractivity contribution < 1.29 is 9.53 Å². The Bertz CT molecular complexity index is 1270. The number of rotatable bonds is 5. The van der Waals surface area contributed by atoms with Gasteiger partial charge in [0.25, 0.3) is 5.91 Å². The van der Waals surface area contributed by atoms with Gasteiger partial charge in [0.05, 0.1) is 17.5 Å². The van der Waals surface area contributed by atoms with Crippen molar-refractivity contribution in [3.05, 3.63) is 64.7 Å². The first-order valence-corrected chi connectivity index (χ1v) is 11.5. The van der Waals surface area contributed by atoms with Gasteiger partial charge < -0.3 is 14.6 Å². The summed E-state index contributed by atoms with van der Waals surface area (Å²) in [7, 11) is 5.51. The Labute approximate surface area is 186 Å². The van der Waals surface area contributed by atoms with Gasteiger partial charge in [-0.1, -0.05) is 18.2 Å². The molecule has 1 saturated heterocycles. The Morgan fingerprint density at radius 2 is 2.06 bits per heavy atom. The molecule has 0 aliphatic carbocycles. The minimum atomic E-state index is 0.0256. The number of carbonyl (C=O) groups excluding carboxylic acids is 1. The van der Waals surface area contributed by atoms with E-state index in [4.69, 9.17) is 4.74 Å². The average Bonchev–Trinajstić information content (AvgIpc) is 3.49. The van der Waals surface area contributed by atoms with Crippen LogP contribution in [0.5, 0.6) is 5.75 Å². The third-order valence-corrected chi connectivity index (χ3v) is 7.61. The molecular weight excluding hydrogens is 406 g/mol. The SMILES string of the molecule is CNC(=O)c1sc2ccccc2c1[C@H]1CCN(Cc2cn(C)c3cc(OC)ccc23)C1. The average molecular weight is 434 g/mol. The van der Waals surface area contributed by atoms with E-state index in [1.165, 1.54) is 32.1 Å². The molecule has 3 heterocycles. The third kappa shape index (κ3) is 3.50. The maximum atomic E-state index is 12.6. The highest BCUT2D eigenvalue weighted by Gasteiger charge is 2.30. The number of ether oxygens (including phenoxy) is 1. The summed E-state index contributed by atoms with van der Waals surface area (Å²) in [6, 6.07) is 14.7. The second-order valence-electron chi connectivity index (χ2n) is 8.29. The van der Waals surface area contributed by atoms with E-state index < -0.39 is 0 Å². The summed E-state index contributed by atoms with van der Waals surface area (Å²) >= 11 is 1.61. The van der Waals surface area contributed by atoms with Gasteiger partial charge in [-0.25, -0.2) is 0 Å². The molecule has 1 fully saturated rings. The van der Waals surface area contributed by atoms with Crippen LogP contribution in [0, 0.1) is 0 Å².